The summed E-state index contributed by atoms with van der Waals surface area (Å²) in [7, 11) is 1.65. The summed E-state index contributed by atoms with van der Waals surface area (Å²) >= 11 is 0. The molecular formula is C32H26N2O3. The van der Waals surface area contributed by atoms with Crippen molar-refractivity contribution in [3.63, 3.8) is 0 Å². The first-order valence-electron chi connectivity index (χ1n) is 12.4. The second kappa shape index (κ2) is 9.51. The number of methoxy groups -OCH3 is 1. The van der Waals surface area contributed by atoms with Crippen molar-refractivity contribution in [1.82, 2.24) is 0 Å². The highest BCUT2D eigenvalue weighted by Gasteiger charge is 2.63. The maximum absolute atomic E-state index is 14.0. The smallest absolute Gasteiger partial charge is 0.350 e. The van der Waals surface area contributed by atoms with Crippen molar-refractivity contribution in [1.29, 1.82) is 0 Å². The van der Waals surface area contributed by atoms with Crippen LogP contribution < -0.4 is 4.74 Å². The summed E-state index contributed by atoms with van der Waals surface area (Å²) < 4.78 is 5.43. The van der Waals surface area contributed by atoms with Gasteiger partial charge in [-0.15, -0.1) is 0 Å². The van der Waals surface area contributed by atoms with Crippen LogP contribution in [0.5, 0.6) is 5.75 Å². The van der Waals surface area contributed by atoms with Crippen molar-refractivity contribution >= 4 is 17.4 Å². The van der Waals surface area contributed by atoms with Gasteiger partial charge in [-0.3, -0.25) is 4.99 Å². The van der Waals surface area contributed by atoms with Crippen molar-refractivity contribution in [3.05, 3.63) is 138 Å². The van der Waals surface area contributed by atoms with Crippen LogP contribution in [0.15, 0.2) is 125 Å². The van der Waals surface area contributed by atoms with Gasteiger partial charge in [0.15, 0.2) is 0 Å². The van der Waals surface area contributed by atoms with E-state index < -0.39 is 11.5 Å². The number of benzene rings is 4. The zero-order valence-electron chi connectivity index (χ0n) is 20.5. The topological polar surface area (TPSA) is 60.2 Å². The average molecular weight is 487 g/mol. The number of carbonyl (C=O) groups excluding carboxylic acids is 1. The lowest BCUT2D eigenvalue weighted by Crippen LogP contribution is -2.49. The predicted molar refractivity (Wildman–Crippen MR) is 144 cm³/mol. The second-order valence-corrected chi connectivity index (χ2v) is 9.34. The van der Waals surface area contributed by atoms with E-state index in [0.29, 0.717) is 12.1 Å². The summed E-state index contributed by atoms with van der Waals surface area (Å²) in [6.07, 6.45) is 0.556. The number of aliphatic imine (C=N–C) groups is 1. The molecule has 0 N–H and O–H groups in total. The maximum Gasteiger partial charge on any atom is 0.350 e. The van der Waals surface area contributed by atoms with Crippen molar-refractivity contribution in [3.8, 4) is 5.75 Å². The fourth-order valence-corrected chi connectivity index (χ4v) is 5.64. The lowest BCUT2D eigenvalue weighted by atomic mass is 9.58. The lowest BCUT2D eigenvalue weighted by Gasteiger charge is -2.43. The van der Waals surface area contributed by atoms with Crippen LogP contribution in [-0.2, 0) is 9.63 Å². The molecular weight excluding hydrogens is 460 g/mol. The summed E-state index contributed by atoms with van der Waals surface area (Å²) in [4.78, 5) is 24.9. The van der Waals surface area contributed by atoms with E-state index in [1.54, 1.807) is 7.11 Å². The van der Waals surface area contributed by atoms with Gasteiger partial charge in [-0.1, -0.05) is 108 Å². The van der Waals surface area contributed by atoms with E-state index >= 15 is 0 Å². The molecule has 0 saturated heterocycles. The molecule has 0 unspecified atom stereocenters. The van der Waals surface area contributed by atoms with E-state index in [1.165, 1.54) is 0 Å². The maximum atomic E-state index is 14.0. The molecule has 4 aromatic rings. The molecule has 5 nitrogen and oxygen atoms in total. The Morgan fingerprint density at radius 3 is 1.97 bits per heavy atom. The molecule has 182 valence electrons. The standard InChI is InChI=1S/C32H26N2O3/c1-36-26-19-17-22(18-20-26)27-21-28(23-11-5-2-6-12-23)33-29(24-13-7-3-8-14-24)32(27)30(34-37-31(32)35)25-15-9-4-10-16-25/h2-20,27,29H,21H2,1H3/t27-,29+,32+/m0/s1. The summed E-state index contributed by atoms with van der Waals surface area (Å²) in [5.74, 6) is 0.110. The molecule has 0 fully saturated rings. The Balaban J connectivity index is 1.64. The van der Waals surface area contributed by atoms with Gasteiger partial charge in [0.25, 0.3) is 0 Å². The minimum Gasteiger partial charge on any atom is -0.497 e. The normalized spacial score (nSPS) is 22.8. The van der Waals surface area contributed by atoms with E-state index in [1.807, 2.05) is 103 Å². The molecule has 0 radical (unpaired) electrons. The number of hydrogen-bond donors (Lipinski definition) is 0. The summed E-state index contributed by atoms with van der Waals surface area (Å²) in [6, 6.07) is 37.4. The first kappa shape index (κ1) is 22.9. The van der Waals surface area contributed by atoms with Crippen LogP contribution in [0.3, 0.4) is 0 Å². The van der Waals surface area contributed by atoms with E-state index in [9.17, 15) is 4.79 Å². The number of nitrogens with zero attached hydrogens (tertiary/aromatic N) is 2. The van der Waals surface area contributed by atoms with E-state index in [2.05, 4.69) is 17.3 Å². The van der Waals surface area contributed by atoms with Crippen LogP contribution >= 0.6 is 0 Å². The number of hydrogen-bond acceptors (Lipinski definition) is 5. The van der Waals surface area contributed by atoms with Crippen molar-refractivity contribution in [2.45, 2.75) is 18.4 Å². The molecule has 0 aromatic heterocycles. The van der Waals surface area contributed by atoms with Gasteiger partial charge in [0.2, 0.25) is 0 Å². The molecule has 2 heterocycles. The van der Waals surface area contributed by atoms with Gasteiger partial charge < -0.3 is 9.57 Å². The molecule has 6 rings (SSSR count). The summed E-state index contributed by atoms with van der Waals surface area (Å²) in [5, 5.41) is 4.42. The Kier molecular flexibility index (Phi) is 5.89. The highest BCUT2D eigenvalue weighted by atomic mass is 16.7. The van der Waals surface area contributed by atoms with E-state index in [0.717, 1.165) is 33.7 Å². The van der Waals surface area contributed by atoms with E-state index in [4.69, 9.17) is 14.6 Å². The largest absolute Gasteiger partial charge is 0.497 e. The number of carbonyl (C=O) groups is 1. The fourth-order valence-electron chi connectivity index (χ4n) is 5.64. The fraction of sp³-hybridized carbons (Fsp3) is 0.156. The van der Waals surface area contributed by atoms with Gasteiger partial charge in [0.1, 0.15) is 16.9 Å². The zero-order valence-corrected chi connectivity index (χ0v) is 20.5. The number of rotatable bonds is 5. The third-order valence-electron chi connectivity index (χ3n) is 7.40. The Bertz CT molecular complexity index is 1470. The summed E-state index contributed by atoms with van der Waals surface area (Å²) in [5.41, 5.74) is 4.27. The average Bonchev–Trinajstić information content (AvgIpc) is 3.31. The summed E-state index contributed by atoms with van der Waals surface area (Å²) in [6.45, 7) is 0. The number of ether oxygens (including phenoxy) is 1. The molecule has 2 aliphatic heterocycles. The van der Waals surface area contributed by atoms with Crippen molar-refractivity contribution in [2.24, 2.45) is 15.6 Å². The van der Waals surface area contributed by atoms with Crippen molar-refractivity contribution in [2.75, 3.05) is 7.11 Å². The lowest BCUT2D eigenvalue weighted by molar-refractivity contribution is -0.150. The molecule has 0 aliphatic carbocycles. The molecule has 0 bridgehead atoms. The molecule has 5 heteroatoms. The van der Waals surface area contributed by atoms with Gasteiger partial charge >= 0.3 is 5.97 Å². The van der Waals surface area contributed by atoms with E-state index in [-0.39, 0.29) is 11.9 Å². The molecule has 4 aromatic carbocycles. The molecule has 37 heavy (non-hydrogen) atoms. The van der Waals surface area contributed by atoms with Gasteiger partial charge in [-0.05, 0) is 35.2 Å². The zero-order chi connectivity index (χ0) is 25.2. The van der Waals surface area contributed by atoms with Gasteiger partial charge in [0, 0.05) is 17.2 Å². The van der Waals surface area contributed by atoms with Crippen LogP contribution in [0, 0.1) is 5.41 Å². The third kappa shape index (κ3) is 3.84. The van der Waals surface area contributed by atoms with Crippen LogP contribution in [0.4, 0.5) is 0 Å². The Hall–Kier alpha value is -4.51. The highest BCUT2D eigenvalue weighted by molar-refractivity contribution is 6.20. The monoisotopic (exact) mass is 486 g/mol. The first-order chi connectivity index (χ1) is 18.2. The van der Waals surface area contributed by atoms with Crippen LogP contribution in [0.2, 0.25) is 0 Å². The third-order valence-corrected chi connectivity index (χ3v) is 7.40. The van der Waals surface area contributed by atoms with Crippen LogP contribution in [0.1, 0.15) is 40.6 Å². The van der Waals surface area contributed by atoms with Crippen LogP contribution in [0.25, 0.3) is 0 Å². The van der Waals surface area contributed by atoms with Gasteiger partial charge in [0.05, 0.1) is 13.2 Å². The molecule has 0 saturated carbocycles. The van der Waals surface area contributed by atoms with Crippen LogP contribution in [-0.4, -0.2) is 24.5 Å². The SMILES string of the molecule is COc1ccc([C@@H]2CC(c3ccccc3)=N[C@H](c3ccccc3)[C@]23C(=O)ON=C3c2ccccc2)cc1. The molecule has 3 atom stereocenters. The quantitative estimate of drug-likeness (QED) is 0.308. The molecule has 2 aliphatic rings. The first-order valence-corrected chi connectivity index (χ1v) is 12.4. The second-order valence-electron chi connectivity index (χ2n) is 9.34. The highest BCUT2D eigenvalue weighted by Crippen LogP contribution is 2.57. The molecule has 0 amide bonds. The minimum atomic E-state index is -1.14. The van der Waals surface area contributed by atoms with Gasteiger partial charge in [-0.2, -0.15) is 0 Å². The predicted octanol–water partition coefficient (Wildman–Crippen LogP) is 6.36. The minimum absolute atomic E-state index is 0.273. The van der Waals surface area contributed by atoms with Gasteiger partial charge in [-0.25, -0.2) is 4.79 Å². The number of oxime groups is 1. The van der Waals surface area contributed by atoms with Crippen molar-refractivity contribution < 1.29 is 14.4 Å². The Morgan fingerprint density at radius 1 is 0.757 bits per heavy atom. The Labute approximate surface area is 216 Å². The Morgan fingerprint density at radius 2 is 1.35 bits per heavy atom. The molecule has 1 spiro atoms.